The van der Waals surface area contributed by atoms with Crippen LogP contribution in [0.4, 0.5) is 0 Å². The molecule has 1 aliphatic rings. The first-order chi connectivity index (χ1) is 15.6. The minimum absolute atomic E-state index is 0.195. The van der Waals surface area contributed by atoms with E-state index in [0.29, 0.717) is 31.3 Å². The standard InChI is InChI=1S/C24H20Br2N2O4/c25-19-5-1-16(2-6-19)15-32-21-7-4-18(11-20(21)26)14-27-28-24(29)13-17-3-8-22-23(12-17)31-10-9-30-22/h1-8,11-12,14H,9-10,13,15H2,(H,28,29)/b27-14+. The molecule has 0 saturated carbocycles. The number of carbonyl (C=O) groups excluding carboxylic acids is 1. The maximum atomic E-state index is 12.2. The number of rotatable bonds is 7. The van der Waals surface area contributed by atoms with Crippen LogP contribution in [0, 0.1) is 0 Å². The molecule has 1 amide bonds. The molecule has 3 aromatic carbocycles. The van der Waals surface area contributed by atoms with Gasteiger partial charge in [0.15, 0.2) is 11.5 Å². The summed E-state index contributed by atoms with van der Waals surface area (Å²) in [5.41, 5.74) is 5.29. The van der Waals surface area contributed by atoms with E-state index in [9.17, 15) is 4.79 Å². The zero-order valence-electron chi connectivity index (χ0n) is 17.0. The van der Waals surface area contributed by atoms with Crippen LogP contribution in [0.5, 0.6) is 17.2 Å². The molecule has 0 aliphatic carbocycles. The average Bonchev–Trinajstić information content (AvgIpc) is 2.79. The highest BCUT2D eigenvalue weighted by Gasteiger charge is 2.13. The highest BCUT2D eigenvalue weighted by Crippen LogP contribution is 2.31. The van der Waals surface area contributed by atoms with Gasteiger partial charge in [-0.1, -0.05) is 34.1 Å². The molecule has 164 valence electrons. The Labute approximate surface area is 202 Å². The Balaban J connectivity index is 1.29. The van der Waals surface area contributed by atoms with Crippen molar-refractivity contribution in [1.29, 1.82) is 0 Å². The van der Waals surface area contributed by atoms with Gasteiger partial charge in [-0.25, -0.2) is 5.43 Å². The average molecular weight is 560 g/mol. The third-order valence-electron chi connectivity index (χ3n) is 4.64. The summed E-state index contributed by atoms with van der Waals surface area (Å²) in [6, 6.07) is 19.1. The minimum atomic E-state index is -0.216. The van der Waals surface area contributed by atoms with Gasteiger partial charge >= 0.3 is 0 Å². The van der Waals surface area contributed by atoms with Crippen LogP contribution in [0.15, 0.2) is 74.7 Å². The number of amides is 1. The maximum Gasteiger partial charge on any atom is 0.244 e. The molecule has 0 saturated heterocycles. The minimum Gasteiger partial charge on any atom is -0.488 e. The van der Waals surface area contributed by atoms with Crippen molar-refractivity contribution in [3.8, 4) is 17.2 Å². The second-order valence-corrected chi connectivity index (χ2v) is 8.82. The fraction of sp³-hybridized carbons (Fsp3) is 0.167. The number of nitrogens with zero attached hydrogens (tertiary/aromatic N) is 1. The molecule has 32 heavy (non-hydrogen) atoms. The van der Waals surface area contributed by atoms with Crippen molar-refractivity contribution in [2.45, 2.75) is 13.0 Å². The molecule has 0 radical (unpaired) electrons. The zero-order chi connectivity index (χ0) is 22.3. The van der Waals surface area contributed by atoms with Crippen LogP contribution < -0.4 is 19.6 Å². The molecule has 0 aromatic heterocycles. The first kappa shape index (κ1) is 22.4. The lowest BCUT2D eigenvalue weighted by Crippen LogP contribution is -2.20. The van der Waals surface area contributed by atoms with Crippen LogP contribution in [0.25, 0.3) is 0 Å². The summed E-state index contributed by atoms with van der Waals surface area (Å²) in [6.45, 7) is 1.52. The van der Waals surface area contributed by atoms with E-state index in [-0.39, 0.29) is 12.3 Å². The first-order valence-corrected chi connectivity index (χ1v) is 11.5. The molecule has 0 bridgehead atoms. The van der Waals surface area contributed by atoms with Crippen LogP contribution in [-0.4, -0.2) is 25.3 Å². The van der Waals surface area contributed by atoms with Crippen LogP contribution >= 0.6 is 31.9 Å². The lowest BCUT2D eigenvalue weighted by molar-refractivity contribution is -0.120. The number of ether oxygens (including phenoxy) is 3. The Kier molecular flexibility index (Phi) is 7.44. The van der Waals surface area contributed by atoms with E-state index in [2.05, 4.69) is 42.4 Å². The number of hydrogen-bond donors (Lipinski definition) is 1. The van der Waals surface area contributed by atoms with Crippen molar-refractivity contribution in [2.24, 2.45) is 5.10 Å². The largest absolute Gasteiger partial charge is 0.488 e. The van der Waals surface area contributed by atoms with Crippen LogP contribution in [0.3, 0.4) is 0 Å². The van der Waals surface area contributed by atoms with E-state index < -0.39 is 0 Å². The van der Waals surface area contributed by atoms with E-state index in [4.69, 9.17) is 14.2 Å². The summed E-state index contributed by atoms with van der Waals surface area (Å²) in [6.07, 6.45) is 1.78. The molecule has 0 unspecified atom stereocenters. The predicted molar refractivity (Wildman–Crippen MR) is 129 cm³/mol. The monoisotopic (exact) mass is 558 g/mol. The van der Waals surface area contributed by atoms with E-state index >= 15 is 0 Å². The number of hydrazone groups is 1. The normalized spacial score (nSPS) is 12.6. The zero-order valence-corrected chi connectivity index (χ0v) is 20.2. The molecular weight excluding hydrogens is 540 g/mol. The topological polar surface area (TPSA) is 69.2 Å². The third-order valence-corrected chi connectivity index (χ3v) is 5.79. The Hall–Kier alpha value is -2.84. The van der Waals surface area contributed by atoms with E-state index in [1.54, 1.807) is 6.21 Å². The van der Waals surface area contributed by atoms with E-state index in [0.717, 1.165) is 31.4 Å². The Morgan fingerprint density at radius 1 is 0.969 bits per heavy atom. The number of nitrogens with one attached hydrogen (secondary N) is 1. The van der Waals surface area contributed by atoms with Crippen LogP contribution in [-0.2, 0) is 17.8 Å². The fourth-order valence-corrected chi connectivity index (χ4v) is 3.83. The highest BCUT2D eigenvalue weighted by molar-refractivity contribution is 9.10. The Morgan fingerprint density at radius 2 is 1.72 bits per heavy atom. The summed E-state index contributed by atoms with van der Waals surface area (Å²) in [7, 11) is 0. The third kappa shape index (κ3) is 6.11. The van der Waals surface area contributed by atoms with Crippen molar-refractivity contribution in [3.63, 3.8) is 0 Å². The van der Waals surface area contributed by atoms with Gasteiger partial charge in [0, 0.05) is 4.47 Å². The van der Waals surface area contributed by atoms with Gasteiger partial charge in [-0.15, -0.1) is 0 Å². The molecule has 0 atom stereocenters. The predicted octanol–water partition coefficient (Wildman–Crippen LogP) is 5.25. The fourth-order valence-electron chi connectivity index (χ4n) is 3.06. The van der Waals surface area contributed by atoms with Crippen molar-refractivity contribution in [3.05, 3.63) is 86.3 Å². The Morgan fingerprint density at radius 3 is 2.50 bits per heavy atom. The molecule has 1 N–H and O–H groups in total. The molecular formula is C24H20Br2N2O4. The van der Waals surface area contributed by atoms with Crippen molar-refractivity contribution in [1.82, 2.24) is 5.43 Å². The summed E-state index contributed by atoms with van der Waals surface area (Å²) >= 11 is 6.95. The van der Waals surface area contributed by atoms with Gasteiger partial charge in [0.1, 0.15) is 25.6 Å². The van der Waals surface area contributed by atoms with Crippen molar-refractivity contribution in [2.75, 3.05) is 13.2 Å². The molecule has 0 spiro atoms. The van der Waals surface area contributed by atoms with Gasteiger partial charge in [0.05, 0.1) is 17.1 Å². The van der Waals surface area contributed by atoms with Gasteiger partial charge in [-0.3, -0.25) is 4.79 Å². The molecule has 1 heterocycles. The van der Waals surface area contributed by atoms with Crippen LogP contribution in [0.2, 0.25) is 0 Å². The first-order valence-electron chi connectivity index (χ1n) is 9.94. The SMILES string of the molecule is O=C(Cc1ccc2c(c1)OCCO2)N/N=C/c1ccc(OCc2ccc(Br)cc2)c(Br)c1. The van der Waals surface area contributed by atoms with E-state index in [1.807, 2.05) is 60.7 Å². The number of halogens is 2. The second-order valence-electron chi connectivity index (χ2n) is 7.05. The van der Waals surface area contributed by atoms with E-state index in [1.165, 1.54) is 0 Å². The molecule has 1 aliphatic heterocycles. The highest BCUT2D eigenvalue weighted by atomic mass is 79.9. The lowest BCUT2D eigenvalue weighted by Gasteiger charge is -2.18. The molecule has 8 heteroatoms. The van der Waals surface area contributed by atoms with Crippen molar-refractivity contribution < 1.29 is 19.0 Å². The number of fused-ring (bicyclic) bond motifs is 1. The smallest absolute Gasteiger partial charge is 0.244 e. The van der Waals surface area contributed by atoms with Gasteiger partial charge in [-0.2, -0.15) is 5.10 Å². The lowest BCUT2D eigenvalue weighted by atomic mass is 10.1. The van der Waals surface area contributed by atoms with Gasteiger partial charge in [0.25, 0.3) is 0 Å². The van der Waals surface area contributed by atoms with Crippen molar-refractivity contribution >= 4 is 44.0 Å². The van der Waals surface area contributed by atoms with Gasteiger partial charge in [-0.05, 0) is 75.1 Å². The molecule has 3 aromatic rings. The number of carbonyl (C=O) groups is 1. The summed E-state index contributed by atoms with van der Waals surface area (Å²) in [4.78, 5) is 12.2. The summed E-state index contributed by atoms with van der Waals surface area (Å²) in [5.74, 6) is 1.88. The summed E-state index contributed by atoms with van der Waals surface area (Å²) in [5, 5.41) is 4.05. The second kappa shape index (κ2) is 10.7. The molecule has 6 nitrogen and oxygen atoms in total. The van der Waals surface area contributed by atoms with Crippen LogP contribution in [0.1, 0.15) is 16.7 Å². The van der Waals surface area contributed by atoms with Gasteiger partial charge < -0.3 is 14.2 Å². The maximum absolute atomic E-state index is 12.2. The molecule has 0 fully saturated rings. The number of hydrogen-bond acceptors (Lipinski definition) is 5. The Bertz CT molecular complexity index is 1130. The quantitative estimate of drug-likeness (QED) is 0.317. The number of benzene rings is 3. The van der Waals surface area contributed by atoms with Gasteiger partial charge in [0.2, 0.25) is 5.91 Å². The molecule has 4 rings (SSSR count). The summed E-state index contributed by atoms with van der Waals surface area (Å²) < 4.78 is 18.8.